The Balaban J connectivity index is 3.31. The molecule has 7 nitrogen and oxygen atoms in total. The van der Waals surface area contributed by atoms with E-state index in [4.69, 9.17) is 15.2 Å². The number of nitro benzene ring substituents is 1. The highest BCUT2D eigenvalue weighted by Crippen LogP contribution is 2.31. The molecular weight excluding hydrogens is 264 g/mol. The standard InChI is InChI=1S/C13H18N2O5/c1-4-20-12(16)13(2,8-19-3)9-5-6-10(14)11(7-9)15(17)18/h5-7H,4,8,14H2,1-3H3. The van der Waals surface area contributed by atoms with Crippen molar-refractivity contribution in [1.29, 1.82) is 0 Å². The van der Waals surface area contributed by atoms with Crippen LogP contribution in [-0.4, -0.2) is 31.2 Å². The molecule has 1 aromatic carbocycles. The third kappa shape index (κ3) is 3.05. The van der Waals surface area contributed by atoms with Gasteiger partial charge in [0.2, 0.25) is 0 Å². The molecule has 0 fully saturated rings. The maximum Gasteiger partial charge on any atom is 0.318 e. The maximum atomic E-state index is 12.1. The topological polar surface area (TPSA) is 105 Å². The van der Waals surface area contributed by atoms with Crippen molar-refractivity contribution in [2.45, 2.75) is 19.3 Å². The van der Waals surface area contributed by atoms with Crippen LogP contribution in [-0.2, 0) is 19.7 Å². The first-order valence-corrected chi connectivity index (χ1v) is 6.07. The molecule has 1 unspecified atom stereocenters. The van der Waals surface area contributed by atoms with Crippen LogP contribution in [0.25, 0.3) is 0 Å². The van der Waals surface area contributed by atoms with E-state index in [0.717, 1.165) is 0 Å². The van der Waals surface area contributed by atoms with Crippen molar-refractivity contribution in [3.8, 4) is 0 Å². The SMILES string of the molecule is CCOC(=O)C(C)(COC)c1ccc(N)c([N+](=O)[O-])c1. The van der Waals surface area contributed by atoms with E-state index in [-0.39, 0.29) is 24.6 Å². The van der Waals surface area contributed by atoms with Crippen LogP contribution < -0.4 is 5.73 Å². The smallest absolute Gasteiger partial charge is 0.318 e. The first kappa shape index (κ1) is 15.9. The number of nitrogens with zero attached hydrogens (tertiary/aromatic N) is 1. The number of methoxy groups -OCH3 is 1. The van der Waals surface area contributed by atoms with Crippen LogP contribution in [0.3, 0.4) is 0 Å². The summed E-state index contributed by atoms with van der Waals surface area (Å²) in [7, 11) is 1.45. The number of benzene rings is 1. The van der Waals surface area contributed by atoms with Crippen molar-refractivity contribution < 1.29 is 19.2 Å². The van der Waals surface area contributed by atoms with Crippen molar-refractivity contribution >= 4 is 17.3 Å². The molecule has 2 N–H and O–H groups in total. The summed E-state index contributed by atoms with van der Waals surface area (Å²) in [5, 5.41) is 10.9. The van der Waals surface area contributed by atoms with Gasteiger partial charge in [0, 0.05) is 13.2 Å². The van der Waals surface area contributed by atoms with Crippen molar-refractivity contribution in [2.75, 3.05) is 26.1 Å². The Morgan fingerprint density at radius 1 is 1.50 bits per heavy atom. The summed E-state index contributed by atoms with van der Waals surface area (Å²) in [6.07, 6.45) is 0. The monoisotopic (exact) mass is 282 g/mol. The molecule has 0 saturated heterocycles. The van der Waals surface area contributed by atoms with Crippen molar-refractivity contribution in [2.24, 2.45) is 0 Å². The Labute approximate surface area is 116 Å². The van der Waals surface area contributed by atoms with Crippen molar-refractivity contribution in [3.63, 3.8) is 0 Å². The average molecular weight is 282 g/mol. The minimum absolute atomic E-state index is 0.0439. The van der Waals surface area contributed by atoms with Crippen LogP contribution in [0.4, 0.5) is 11.4 Å². The third-order valence-corrected chi connectivity index (χ3v) is 3.02. The van der Waals surface area contributed by atoms with Gasteiger partial charge in [0.1, 0.15) is 11.1 Å². The number of esters is 1. The van der Waals surface area contributed by atoms with Gasteiger partial charge >= 0.3 is 5.97 Å². The summed E-state index contributed by atoms with van der Waals surface area (Å²) in [6.45, 7) is 3.57. The van der Waals surface area contributed by atoms with Gasteiger partial charge in [-0.05, 0) is 25.5 Å². The largest absolute Gasteiger partial charge is 0.465 e. The molecule has 20 heavy (non-hydrogen) atoms. The number of ether oxygens (including phenoxy) is 2. The van der Waals surface area contributed by atoms with Crippen LogP contribution in [0.2, 0.25) is 0 Å². The van der Waals surface area contributed by atoms with E-state index in [9.17, 15) is 14.9 Å². The van der Waals surface area contributed by atoms with Gasteiger partial charge in [0.15, 0.2) is 0 Å². The molecule has 0 amide bonds. The zero-order chi connectivity index (χ0) is 15.3. The van der Waals surface area contributed by atoms with Gasteiger partial charge in [-0.3, -0.25) is 14.9 Å². The van der Waals surface area contributed by atoms with Crippen LogP contribution in [0.5, 0.6) is 0 Å². The fraction of sp³-hybridized carbons (Fsp3) is 0.462. The number of carbonyl (C=O) groups is 1. The summed E-state index contributed by atoms with van der Waals surface area (Å²) in [6, 6.07) is 4.25. The number of nitrogen functional groups attached to an aromatic ring is 1. The summed E-state index contributed by atoms with van der Waals surface area (Å²) in [5.41, 5.74) is 4.66. The van der Waals surface area contributed by atoms with Crippen LogP contribution in [0.1, 0.15) is 19.4 Å². The second-order valence-corrected chi connectivity index (χ2v) is 4.52. The van der Waals surface area contributed by atoms with Crippen LogP contribution in [0.15, 0.2) is 18.2 Å². The molecule has 1 aromatic rings. The predicted molar refractivity (Wildman–Crippen MR) is 73.4 cm³/mol. The second kappa shape index (κ2) is 6.33. The lowest BCUT2D eigenvalue weighted by Gasteiger charge is -2.26. The molecule has 110 valence electrons. The quantitative estimate of drug-likeness (QED) is 0.368. The average Bonchev–Trinajstić information content (AvgIpc) is 2.39. The van der Waals surface area contributed by atoms with Gasteiger partial charge in [0.05, 0.1) is 18.1 Å². The highest BCUT2D eigenvalue weighted by atomic mass is 16.6. The Morgan fingerprint density at radius 3 is 2.65 bits per heavy atom. The van der Waals surface area contributed by atoms with Crippen molar-refractivity contribution in [3.05, 3.63) is 33.9 Å². The number of nitro groups is 1. The number of anilines is 1. The lowest BCUT2D eigenvalue weighted by Crippen LogP contribution is -2.38. The lowest BCUT2D eigenvalue weighted by molar-refractivity contribution is -0.384. The molecule has 0 radical (unpaired) electrons. The molecule has 1 rings (SSSR count). The number of rotatable bonds is 6. The molecule has 0 aromatic heterocycles. The van der Waals surface area contributed by atoms with Crippen molar-refractivity contribution in [1.82, 2.24) is 0 Å². The highest BCUT2D eigenvalue weighted by molar-refractivity contribution is 5.83. The van der Waals surface area contributed by atoms with Crippen LogP contribution in [0, 0.1) is 10.1 Å². The third-order valence-electron chi connectivity index (χ3n) is 3.02. The van der Waals surface area contributed by atoms with E-state index in [0.29, 0.717) is 5.56 Å². The van der Waals surface area contributed by atoms with Gasteiger partial charge in [-0.2, -0.15) is 0 Å². The molecule has 7 heteroatoms. The summed E-state index contributed by atoms with van der Waals surface area (Å²) in [5.74, 6) is -0.499. The fourth-order valence-corrected chi connectivity index (χ4v) is 1.88. The lowest BCUT2D eigenvalue weighted by atomic mass is 9.83. The van der Waals surface area contributed by atoms with Gasteiger partial charge in [-0.15, -0.1) is 0 Å². The van der Waals surface area contributed by atoms with E-state index in [2.05, 4.69) is 0 Å². The zero-order valence-electron chi connectivity index (χ0n) is 11.7. The number of hydrogen-bond donors (Lipinski definition) is 1. The summed E-state index contributed by atoms with van der Waals surface area (Å²) < 4.78 is 10.1. The minimum atomic E-state index is -1.12. The molecular formula is C13H18N2O5. The van der Waals surface area contributed by atoms with E-state index < -0.39 is 16.3 Å². The van der Waals surface area contributed by atoms with E-state index in [1.165, 1.54) is 19.2 Å². The van der Waals surface area contributed by atoms with E-state index in [1.54, 1.807) is 19.9 Å². The van der Waals surface area contributed by atoms with E-state index in [1.807, 2.05) is 0 Å². The molecule has 1 atom stereocenters. The molecule has 0 aliphatic heterocycles. The number of nitrogens with two attached hydrogens (primary N) is 1. The first-order chi connectivity index (χ1) is 9.36. The zero-order valence-corrected chi connectivity index (χ0v) is 11.7. The van der Waals surface area contributed by atoms with Gasteiger partial charge in [-0.25, -0.2) is 0 Å². The van der Waals surface area contributed by atoms with Gasteiger partial charge in [0.25, 0.3) is 5.69 Å². The molecule has 0 aliphatic carbocycles. The normalized spacial score (nSPS) is 13.6. The Bertz CT molecular complexity index is 517. The van der Waals surface area contributed by atoms with Crippen LogP contribution >= 0.6 is 0 Å². The molecule has 0 heterocycles. The predicted octanol–water partition coefficient (Wildman–Crippen LogP) is 1.64. The number of hydrogen-bond acceptors (Lipinski definition) is 6. The molecule has 0 aliphatic rings. The Kier molecular flexibility index (Phi) is 5.04. The van der Waals surface area contributed by atoms with Gasteiger partial charge in [-0.1, -0.05) is 6.07 Å². The molecule has 0 bridgehead atoms. The summed E-state index contributed by atoms with van der Waals surface area (Å²) >= 11 is 0. The second-order valence-electron chi connectivity index (χ2n) is 4.52. The van der Waals surface area contributed by atoms with E-state index >= 15 is 0 Å². The first-order valence-electron chi connectivity index (χ1n) is 6.07. The number of carbonyl (C=O) groups excluding carboxylic acids is 1. The Morgan fingerprint density at radius 2 is 2.15 bits per heavy atom. The maximum absolute atomic E-state index is 12.1. The molecule has 0 spiro atoms. The van der Waals surface area contributed by atoms with Gasteiger partial charge < -0.3 is 15.2 Å². The Hall–Kier alpha value is -2.15. The molecule has 0 saturated carbocycles. The minimum Gasteiger partial charge on any atom is -0.465 e. The fourth-order valence-electron chi connectivity index (χ4n) is 1.88. The highest BCUT2D eigenvalue weighted by Gasteiger charge is 2.38. The summed E-state index contributed by atoms with van der Waals surface area (Å²) in [4.78, 5) is 22.5.